The highest BCUT2D eigenvalue weighted by Gasteiger charge is 2.55. The van der Waals surface area contributed by atoms with Crippen molar-refractivity contribution in [2.75, 3.05) is 5.32 Å². The van der Waals surface area contributed by atoms with Crippen LogP contribution < -0.4 is 21.2 Å². The van der Waals surface area contributed by atoms with E-state index in [0.29, 0.717) is 0 Å². The predicted octanol–water partition coefficient (Wildman–Crippen LogP) is 0.652. The van der Waals surface area contributed by atoms with E-state index < -0.39 is 41.6 Å². The molecule has 3 aromatic rings. The zero-order chi connectivity index (χ0) is 27.1. The number of amides is 1. The molecule has 0 atom stereocenters. The molecule has 1 N–H and O–H groups in total. The number of carbonyl (C=O) groups is 2. The summed E-state index contributed by atoms with van der Waals surface area (Å²) < 4.78 is 46.7. The molecule has 1 amide bonds. The van der Waals surface area contributed by atoms with Crippen LogP contribution in [-0.4, -0.2) is 53.5 Å². The van der Waals surface area contributed by atoms with E-state index in [1.807, 2.05) is 0 Å². The second-order valence-electron chi connectivity index (χ2n) is 8.29. The van der Waals surface area contributed by atoms with Gasteiger partial charge in [-0.15, -0.1) is 13.2 Å². The molecule has 1 aliphatic heterocycles. The quantitative estimate of drug-likeness (QED) is 0.379. The van der Waals surface area contributed by atoms with E-state index in [2.05, 4.69) is 20.0 Å². The summed E-state index contributed by atoms with van der Waals surface area (Å²) in [6, 6.07) is 4.43. The molecule has 0 bridgehead atoms. The second-order valence-corrected chi connectivity index (χ2v) is 8.29. The van der Waals surface area contributed by atoms with Gasteiger partial charge in [0.15, 0.2) is 16.9 Å². The molecule has 0 aliphatic carbocycles. The van der Waals surface area contributed by atoms with E-state index in [9.17, 15) is 32.3 Å². The Morgan fingerprint density at radius 3 is 2.59 bits per heavy atom. The fourth-order valence-corrected chi connectivity index (χ4v) is 3.77. The fraction of sp³-hybridized carbons (Fsp3) is 0.261. The first-order valence-corrected chi connectivity index (χ1v) is 10.8. The first-order chi connectivity index (χ1) is 17.4. The third-order valence-electron chi connectivity index (χ3n) is 5.50. The number of nitrogens with one attached hydrogen (secondary N) is 1. The number of fused-ring (bicyclic) bond motifs is 1. The third-order valence-corrected chi connectivity index (χ3v) is 5.50. The summed E-state index contributed by atoms with van der Waals surface area (Å²) >= 11 is 0. The van der Waals surface area contributed by atoms with E-state index in [1.165, 1.54) is 56.2 Å². The van der Waals surface area contributed by atoms with Crippen LogP contribution in [0.4, 0.5) is 19.0 Å². The smallest absolute Gasteiger partial charge is 0.315 e. The summed E-state index contributed by atoms with van der Waals surface area (Å²) in [4.78, 5) is 57.8. The first kappa shape index (κ1) is 25.4. The van der Waals surface area contributed by atoms with Crippen LogP contribution in [0.5, 0.6) is 0 Å². The molecule has 0 fully saturated rings. The first-order valence-electron chi connectivity index (χ1n) is 10.8. The molecule has 37 heavy (non-hydrogen) atoms. The Labute approximate surface area is 206 Å². The second kappa shape index (κ2) is 9.39. The van der Waals surface area contributed by atoms with Crippen molar-refractivity contribution in [2.45, 2.75) is 33.1 Å². The Balaban J connectivity index is 1.60. The lowest BCUT2D eigenvalue weighted by atomic mass is 9.97. The largest absolute Gasteiger partial charge is 0.499 e. The molecule has 11 nitrogen and oxygen atoms in total. The maximum atomic E-state index is 13.3. The van der Waals surface area contributed by atoms with Crippen molar-refractivity contribution in [1.82, 2.24) is 28.3 Å². The van der Waals surface area contributed by atoms with Crippen molar-refractivity contribution in [3.8, 4) is 0 Å². The number of aromatic nitrogens is 5. The van der Waals surface area contributed by atoms with E-state index in [4.69, 9.17) is 0 Å². The molecular formula is C23H20F3N7O4+2. The molecule has 3 aromatic heterocycles. The molecule has 1 aliphatic rings. The van der Waals surface area contributed by atoms with Crippen LogP contribution in [0, 0.1) is 5.92 Å². The minimum absolute atomic E-state index is 0.0371. The normalized spacial score (nSPS) is 13.5. The Kier molecular flexibility index (Phi) is 6.44. The highest BCUT2D eigenvalue weighted by Crippen LogP contribution is 2.33. The zero-order valence-electron chi connectivity index (χ0n) is 19.8. The van der Waals surface area contributed by atoms with Crippen molar-refractivity contribution >= 4 is 46.2 Å². The Morgan fingerprint density at radius 1 is 1.19 bits per heavy atom. The highest BCUT2D eigenvalue weighted by atomic mass is 19.4. The maximum Gasteiger partial charge on any atom is 0.499 e. The summed E-state index contributed by atoms with van der Waals surface area (Å²) in [6.45, 7) is 1.67. The van der Waals surface area contributed by atoms with Gasteiger partial charge in [-0.1, -0.05) is 10.7 Å². The fourth-order valence-electron chi connectivity index (χ4n) is 3.77. The van der Waals surface area contributed by atoms with Crippen LogP contribution in [0.3, 0.4) is 0 Å². The monoisotopic (exact) mass is 515 g/mol. The Morgan fingerprint density at radius 2 is 1.92 bits per heavy atom. The van der Waals surface area contributed by atoms with Crippen molar-refractivity contribution in [3.05, 3.63) is 63.1 Å². The average molecular weight is 515 g/mol. The number of imidazole rings is 1. The molecule has 4 rings (SSSR count). The number of alkyl halides is 3. The summed E-state index contributed by atoms with van der Waals surface area (Å²) in [6.07, 6.45) is -1.18. The molecule has 0 aromatic carbocycles. The standard InChI is InChI=1S/C23H19F3N7O4/c1-12(34)9-33-21(36)19-20(31(3)22(33)37)28-11-32(19)10-18(35)30-17-6-4-5-16(29-17)14-7-15(23(24,25)26)13(2)27-8-14/h4-8,11H,9-10H2,1-3H3/q+1/p+1. The number of Topliss-reactive ketones (excluding diaryl/α,β-unsaturated/α-hetero) is 1. The van der Waals surface area contributed by atoms with Crippen LogP contribution in [0.15, 0.2) is 40.2 Å². The number of aryl methyl sites for hydroxylation is 1. The lowest BCUT2D eigenvalue weighted by molar-refractivity contribution is -0.118. The Hall–Kier alpha value is -4.71. The molecule has 0 saturated carbocycles. The predicted molar refractivity (Wildman–Crippen MR) is 129 cm³/mol. The zero-order valence-corrected chi connectivity index (χ0v) is 19.8. The average Bonchev–Trinajstić information content (AvgIpc) is 3.23. The minimum atomic E-state index is -4.58. The van der Waals surface area contributed by atoms with Gasteiger partial charge < -0.3 is 9.88 Å². The number of nitrogens with zero attached hydrogens (tertiary/aromatic N) is 6. The number of ketones is 1. The highest BCUT2D eigenvalue weighted by molar-refractivity contribution is 6.17. The number of allylic oxidation sites excluding steroid dienone is 2. The van der Waals surface area contributed by atoms with Crippen molar-refractivity contribution in [1.29, 1.82) is 0 Å². The molecule has 190 valence electrons. The van der Waals surface area contributed by atoms with Gasteiger partial charge in [0.05, 0.1) is 19.8 Å². The van der Waals surface area contributed by atoms with Crippen molar-refractivity contribution < 1.29 is 22.8 Å². The van der Waals surface area contributed by atoms with Gasteiger partial charge in [0, 0.05) is 7.05 Å². The summed E-state index contributed by atoms with van der Waals surface area (Å²) in [5.74, 6) is -1.85. The number of carbonyl (C=O) groups excluding carboxylic acids is 2. The van der Waals surface area contributed by atoms with Gasteiger partial charge in [0.1, 0.15) is 24.2 Å². The molecule has 4 heterocycles. The van der Waals surface area contributed by atoms with Gasteiger partial charge in [-0.25, -0.2) is 14.8 Å². The van der Waals surface area contributed by atoms with Crippen LogP contribution in [-0.2, 0) is 29.7 Å². The van der Waals surface area contributed by atoms with E-state index in [-0.39, 0.29) is 40.5 Å². The summed E-state index contributed by atoms with van der Waals surface area (Å²) in [5, 5.41) is 2.53. The van der Waals surface area contributed by atoms with Crippen molar-refractivity contribution in [2.24, 2.45) is 7.05 Å². The lowest BCUT2D eigenvalue weighted by Gasteiger charge is -2.09. The summed E-state index contributed by atoms with van der Waals surface area (Å²) in [5.41, 5.74) is -1.41. The van der Waals surface area contributed by atoms with Crippen LogP contribution in [0.1, 0.15) is 19.5 Å². The number of anilines is 1. The van der Waals surface area contributed by atoms with Gasteiger partial charge in [0.25, 0.3) is 11.5 Å². The number of pyridine rings is 1. The van der Waals surface area contributed by atoms with Gasteiger partial charge in [-0.3, -0.25) is 23.5 Å². The summed E-state index contributed by atoms with van der Waals surface area (Å²) in [7, 11) is 1.39. The number of halogens is 3. The molecule has 14 heteroatoms. The van der Waals surface area contributed by atoms with Crippen molar-refractivity contribution in [3.63, 3.8) is 0 Å². The van der Waals surface area contributed by atoms with Gasteiger partial charge in [-0.05, 0) is 19.1 Å². The number of hydrogen-bond donors (Lipinski definition) is 1. The van der Waals surface area contributed by atoms with E-state index >= 15 is 0 Å². The minimum Gasteiger partial charge on any atom is -0.315 e. The van der Waals surface area contributed by atoms with Crippen LogP contribution >= 0.6 is 0 Å². The van der Waals surface area contributed by atoms with E-state index in [0.717, 1.165) is 15.2 Å². The van der Waals surface area contributed by atoms with Crippen LogP contribution in [0.2, 0.25) is 0 Å². The molecule has 0 saturated heterocycles. The maximum absolute atomic E-state index is 13.3. The topological polar surface area (TPSA) is 135 Å². The molecule has 0 spiro atoms. The Bertz CT molecular complexity index is 1650. The number of hydrogen-bond acceptors (Lipinski definition) is 6. The van der Waals surface area contributed by atoms with Gasteiger partial charge in [-0.2, -0.15) is 0 Å². The van der Waals surface area contributed by atoms with E-state index in [1.54, 1.807) is 0 Å². The SMILES string of the molecule is CC(=O)Cn1c(=O)c2c(ncn2CC(=O)Nc2cccc(C3=C[C+](C(F)(F)F)C(C)=[N+]=C3)n2)n(C)c1=O. The third kappa shape index (κ3) is 5.00. The molecule has 0 unspecified atom stereocenters. The van der Waals surface area contributed by atoms with Crippen LogP contribution in [0.25, 0.3) is 16.7 Å². The van der Waals surface area contributed by atoms with Gasteiger partial charge >= 0.3 is 23.8 Å². The lowest BCUT2D eigenvalue weighted by Crippen LogP contribution is -2.41. The number of rotatable bonds is 6. The van der Waals surface area contributed by atoms with Gasteiger partial charge in [0.2, 0.25) is 11.5 Å². The molecular weight excluding hydrogens is 495 g/mol. The molecule has 0 radical (unpaired) electrons.